The summed E-state index contributed by atoms with van der Waals surface area (Å²) in [7, 11) is 3.42. The number of aryl methyl sites for hydroxylation is 1. The molecule has 0 atom stereocenters. The molecular weight excluding hydrogens is 298 g/mol. The number of carbonyl (C=O) groups is 2. The number of thiazole rings is 1. The summed E-state index contributed by atoms with van der Waals surface area (Å²) < 4.78 is 1.76. The van der Waals surface area contributed by atoms with Crippen LogP contribution in [0.15, 0.2) is 30.3 Å². The second-order valence-corrected chi connectivity index (χ2v) is 6.14. The molecule has 112 valence electrons. The maximum absolute atomic E-state index is 12.2. The Hall–Kier alpha value is -2.47. The molecule has 0 aliphatic carbocycles. The number of amides is 1. The van der Waals surface area contributed by atoms with E-state index in [1.165, 1.54) is 16.2 Å². The summed E-state index contributed by atoms with van der Waals surface area (Å²) in [6.07, 6.45) is 0.798. The van der Waals surface area contributed by atoms with Crippen molar-refractivity contribution in [1.29, 1.82) is 0 Å². The molecule has 0 aliphatic heterocycles. The molecule has 1 aromatic carbocycles. The van der Waals surface area contributed by atoms with E-state index < -0.39 is 0 Å². The Morgan fingerprint density at radius 1 is 1.27 bits per heavy atom. The summed E-state index contributed by atoms with van der Waals surface area (Å²) in [5, 5.41) is 0. The fourth-order valence-electron chi connectivity index (χ4n) is 2.39. The molecule has 0 bridgehead atoms. The second-order valence-electron chi connectivity index (χ2n) is 5.16. The zero-order chi connectivity index (χ0) is 15.9. The first-order valence-corrected chi connectivity index (χ1v) is 7.60. The van der Waals surface area contributed by atoms with Gasteiger partial charge in [0.1, 0.15) is 16.3 Å². The molecule has 5 nitrogen and oxygen atoms in total. The average Bonchev–Trinajstić information content (AvgIpc) is 3.04. The lowest BCUT2D eigenvalue weighted by atomic mass is 10.1. The van der Waals surface area contributed by atoms with E-state index in [0.717, 1.165) is 17.5 Å². The number of hydrogen-bond donors (Lipinski definition) is 0. The van der Waals surface area contributed by atoms with Gasteiger partial charge in [-0.15, -0.1) is 0 Å². The first kappa shape index (κ1) is 14.5. The fourth-order valence-corrected chi connectivity index (χ4v) is 3.54. The molecule has 0 saturated heterocycles. The van der Waals surface area contributed by atoms with Gasteiger partial charge in [0.25, 0.3) is 5.91 Å². The second kappa shape index (κ2) is 5.38. The van der Waals surface area contributed by atoms with Gasteiger partial charge in [-0.05, 0) is 6.92 Å². The molecule has 0 saturated carbocycles. The highest BCUT2D eigenvalue weighted by molar-refractivity contribution is 7.19. The number of hydrogen-bond acceptors (Lipinski definition) is 4. The molecule has 0 fully saturated rings. The molecule has 3 rings (SSSR count). The number of rotatable bonds is 3. The predicted molar refractivity (Wildman–Crippen MR) is 86.6 cm³/mol. The van der Waals surface area contributed by atoms with E-state index in [1.54, 1.807) is 18.5 Å². The number of benzene rings is 1. The first-order chi connectivity index (χ1) is 10.5. The third-order valence-corrected chi connectivity index (χ3v) is 4.63. The minimum atomic E-state index is -0.0777. The normalized spacial score (nSPS) is 10.9. The first-order valence-electron chi connectivity index (χ1n) is 6.78. The average molecular weight is 313 g/mol. The van der Waals surface area contributed by atoms with Crippen LogP contribution in [0.5, 0.6) is 0 Å². The van der Waals surface area contributed by atoms with Crippen molar-refractivity contribution in [3.63, 3.8) is 0 Å². The fraction of sp³-hybridized carbons (Fsp3) is 0.188. The Morgan fingerprint density at radius 3 is 2.55 bits per heavy atom. The maximum Gasteiger partial charge on any atom is 0.265 e. The molecule has 3 aromatic rings. The van der Waals surface area contributed by atoms with Gasteiger partial charge in [0.15, 0.2) is 11.2 Å². The Labute approximate surface area is 131 Å². The van der Waals surface area contributed by atoms with E-state index in [2.05, 4.69) is 4.98 Å². The van der Waals surface area contributed by atoms with E-state index in [-0.39, 0.29) is 5.91 Å². The van der Waals surface area contributed by atoms with Crippen molar-refractivity contribution in [1.82, 2.24) is 14.3 Å². The number of nitrogens with zero attached hydrogens (tertiary/aromatic N) is 3. The van der Waals surface area contributed by atoms with Crippen LogP contribution in [-0.4, -0.2) is 40.6 Å². The zero-order valence-corrected chi connectivity index (χ0v) is 13.3. The van der Waals surface area contributed by atoms with Gasteiger partial charge in [-0.2, -0.15) is 0 Å². The summed E-state index contributed by atoms with van der Waals surface area (Å²) in [6, 6.07) is 9.57. The van der Waals surface area contributed by atoms with Crippen molar-refractivity contribution in [2.45, 2.75) is 6.92 Å². The quantitative estimate of drug-likeness (QED) is 0.699. The SMILES string of the molecule is Cc1c(C(=O)N(C)C)sc2nc(-c3ccccc3)c(C=O)n12. The molecule has 0 aliphatic rings. The molecule has 2 heterocycles. The van der Waals surface area contributed by atoms with E-state index in [9.17, 15) is 9.59 Å². The number of imidazole rings is 1. The van der Waals surface area contributed by atoms with Gasteiger partial charge in [0, 0.05) is 25.4 Å². The highest BCUT2D eigenvalue weighted by Gasteiger charge is 2.23. The molecule has 0 spiro atoms. The summed E-state index contributed by atoms with van der Waals surface area (Å²) in [5.74, 6) is -0.0777. The van der Waals surface area contributed by atoms with Crippen LogP contribution in [0, 0.1) is 6.92 Å². The summed E-state index contributed by atoms with van der Waals surface area (Å²) >= 11 is 1.31. The standard InChI is InChI=1S/C16H15N3O2S/c1-10-14(15(21)18(2)3)22-16-17-13(12(9-20)19(10)16)11-7-5-4-6-8-11/h4-9H,1-3H3. The van der Waals surface area contributed by atoms with Gasteiger partial charge in [0.05, 0.1) is 0 Å². The molecule has 0 unspecified atom stereocenters. The van der Waals surface area contributed by atoms with Gasteiger partial charge in [-0.3, -0.25) is 14.0 Å². The van der Waals surface area contributed by atoms with Crippen LogP contribution >= 0.6 is 11.3 Å². The smallest absolute Gasteiger partial charge is 0.265 e. The minimum absolute atomic E-state index is 0.0777. The molecular formula is C16H15N3O2S. The Kier molecular flexibility index (Phi) is 3.54. The Morgan fingerprint density at radius 2 is 1.95 bits per heavy atom. The largest absolute Gasteiger partial charge is 0.344 e. The molecule has 6 heteroatoms. The predicted octanol–water partition coefficient (Wildman–Crippen LogP) is 2.89. The van der Waals surface area contributed by atoms with Crippen molar-refractivity contribution in [3.8, 4) is 11.3 Å². The lowest BCUT2D eigenvalue weighted by Crippen LogP contribution is -2.21. The van der Waals surface area contributed by atoms with Crippen LogP contribution in [0.1, 0.15) is 25.9 Å². The van der Waals surface area contributed by atoms with Crippen LogP contribution in [0.3, 0.4) is 0 Å². The highest BCUT2D eigenvalue weighted by Crippen LogP contribution is 2.30. The molecule has 22 heavy (non-hydrogen) atoms. The van der Waals surface area contributed by atoms with Gasteiger partial charge in [0.2, 0.25) is 0 Å². The molecule has 1 amide bonds. The minimum Gasteiger partial charge on any atom is -0.344 e. The molecule has 0 N–H and O–H groups in total. The number of fused-ring (bicyclic) bond motifs is 1. The van der Waals surface area contributed by atoms with Gasteiger partial charge >= 0.3 is 0 Å². The lowest BCUT2D eigenvalue weighted by Gasteiger charge is -2.08. The number of aldehydes is 1. The van der Waals surface area contributed by atoms with E-state index >= 15 is 0 Å². The monoisotopic (exact) mass is 313 g/mol. The highest BCUT2D eigenvalue weighted by atomic mass is 32.1. The van der Waals surface area contributed by atoms with E-state index in [1.807, 2.05) is 37.3 Å². The van der Waals surface area contributed by atoms with Crippen LogP contribution in [-0.2, 0) is 0 Å². The van der Waals surface area contributed by atoms with E-state index in [0.29, 0.717) is 21.2 Å². The van der Waals surface area contributed by atoms with Crippen molar-refractivity contribution < 1.29 is 9.59 Å². The molecule has 0 radical (unpaired) electrons. The maximum atomic E-state index is 12.2. The van der Waals surface area contributed by atoms with Gasteiger partial charge < -0.3 is 4.90 Å². The van der Waals surface area contributed by atoms with Crippen molar-refractivity contribution in [3.05, 3.63) is 46.6 Å². The number of aromatic nitrogens is 2. The third-order valence-electron chi connectivity index (χ3n) is 3.50. The van der Waals surface area contributed by atoms with Crippen molar-refractivity contribution in [2.75, 3.05) is 14.1 Å². The topological polar surface area (TPSA) is 54.7 Å². The summed E-state index contributed by atoms with van der Waals surface area (Å²) in [5.41, 5.74) is 2.76. The van der Waals surface area contributed by atoms with Crippen LogP contribution < -0.4 is 0 Å². The summed E-state index contributed by atoms with van der Waals surface area (Å²) in [4.78, 5) is 31.1. The van der Waals surface area contributed by atoms with Crippen LogP contribution in [0.2, 0.25) is 0 Å². The number of carbonyl (C=O) groups excluding carboxylic acids is 2. The lowest BCUT2D eigenvalue weighted by molar-refractivity contribution is 0.0831. The van der Waals surface area contributed by atoms with Crippen LogP contribution in [0.4, 0.5) is 0 Å². The molecule has 2 aromatic heterocycles. The Balaban J connectivity index is 2.24. The van der Waals surface area contributed by atoms with Gasteiger partial charge in [-0.25, -0.2) is 4.98 Å². The van der Waals surface area contributed by atoms with Crippen LogP contribution in [0.25, 0.3) is 16.2 Å². The Bertz CT molecular complexity index is 863. The van der Waals surface area contributed by atoms with Crippen molar-refractivity contribution >= 4 is 28.5 Å². The zero-order valence-electron chi connectivity index (χ0n) is 12.5. The third kappa shape index (κ3) is 2.12. The van der Waals surface area contributed by atoms with Gasteiger partial charge in [-0.1, -0.05) is 41.7 Å². The van der Waals surface area contributed by atoms with Crippen molar-refractivity contribution in [2.24, 2.45) is 0 Å². The van der Waals surface area contributed by atoms with E-state index in [4.69, 9.17) is 0 Å². The summed E-state index contributed by atoms with van der Waals surface area (Å²) in [6.45, 7) is 1.84.